The Morgan fingerprint density at radius 1 is 1.48 bits per heavy atom. The number of hydrogen-bond donors (Lipinski definition) is 1. The predicted octanol–water partition coefficient (Wildman–Crippen LogP) is 4.09. The normalized spacial score (nSPS) is 23.2. The molecule has 2 atom stereocenters. The Labute approximate surface area is 129 Å². The lowest BCUT2D eigenvalue weighted by atomic mass is 9.92. The van der Waals surface area contributed by atoms with Crippen LogP contribution in [0.15, 0.2) is 11.8 Å². The Balaban J connectivity index is 3.02. The van der Waals surface area contributed by atoms with Gasteiger partial charge in [0, 0.05) is 11.7 Å². The van der Waals surface area contributed by atoms with Crippen LogP contribution in [0.4, 0.5) is 4.79 Å². The molecule has 0 aromatic rings. The van der Waals surface area contributed by atoms with E-state index in [-0.39, 0.29) is 12.1 Å². The molecule has 0 aromatic carbocycles. The van der Waals surface area contributed by atoms with Gasteiger partial charge in [-0.25, -0.2) is 4.79 Å². The van der Waals surface area contributed by atoms with Crippen molar-refractivity contribution in [3.05, 3.63) is 11.8 Å². The maximum absolute atomic E-state index is 12.6. The first-order chi connectivity index (χ1) is 9.64. The van der Waals surface area contributed by atoms with Crippen molar-refractivity contribution in [3.63, 3.8) is 0 Å². The Morgan fingerprint density at radius 3 is 2.57 bits per heavy atom. The van der Waals surface area contributed by atoms with Gasteiger partial charge in [-0.05, 0) is 52.0 Å². The molecule has 0 unspecified atom stereocenters. The summed E-state index contributed by atoms with van der Waals surface area (Å²) in [7, 11) is 0. The highest BCUT2D eigenvalue weighted by Gasteiger charge is 2.35. The van der Waals surface area contributed by atoms with Crippen LogP contribution in [0.1, 0.15) is 67.2 Å². The van der Waals surface area contributed by atoms with Gasteiger partial charge in [-0.15, -0.1) is 0 Å². The minimum absolute atomic E-state index is 0.0152. The summed E-state index contributed by atoms with van der Waals surface area (Å²) in [5, 5.41) is 10.1. The zero-order valence-corrected chi connectivity index (χ0v) is 14.3. The van der Waals surface area contributed by atoms with E-state index < -0.39 is 11.7 Å². The molecular weight excluding hydrogens is 266 g/mol. The first kappa shape index (κ1) is 18.0. The number of amides is 1. The second kappa shape index (κ2) is 7.30. The summed E-state index contributed by atoms with van der Waals surface area (Å²) in [4.78, 5) is 14.4. The fourth-order valence-corrected chi connectivity index (χ4v) is 2.77. The molecule has 0 saturated heterocycles. The van der Waals surface area contributed by atoms with Crippen molar-refractivity contribution in [1.29, 1.82) is 0 Å². The molecule has 21 heavy (non-hydrogen) atoms. The van der Waals surface area contributed by atoms with E-state index in [2.05, 4.69) is 20.8 Å². The van der Waals surface area contributed by atoms with Gasteiger partial charge < -0.3 is 9.84 Å². The molecule has 0 fully saturated rings. The second-order valence-corrected chi connectivity index (χ2v) is 7.34. The minimum atomic E-state index is -0.507. The maximum atomic E-state index is 12.6. The lowest BCUT2D eigenvalue weighted by molar-refractivity contribution is 0.0132. The van der Waals surface area contributed by atoms with Gasteiger partial charge >= 0.3 is 6.09 Å². The number of aliphatic hydroxyl groups excluding tert-OH is 1. The fraction of sp³-hybridized carbons (Fsp3) is 0.824. The van der Waals surface area contributed by atoms with Crippen LogP contribution >= 0.6 is 0 Å². The summed E-state index contributed by atoms with van der Waals surface area (Å²) in [5.74, 6) is 0.466. The quantitative estimate of drug-likeness (QED) is 0.850. The molecule has 0 radical (unpaired) electrons. The van der Waals surface area contributed by atoms with Gasteiger partial charge in [0.05, 0.1) is 6.10 Å². The maximum Gasteiger partial charge on any atom is 0.414 e. The molecule has 1 rings (SSSR count). The summed E-state index contributed by atoms with van der Waals surface area (Å²) in [5.41, 5.74) is 0.392. The molecule has 1 amide bonds. The van der Waals surface area contributed by atoms with Crippen LogP contribution in [0.2, 0.25) is 0 Å². The topological polar surface area (TPSA) is 49.8 Å². The first-order valence-electron chi connectivity index (χ1n) is 8.05. The molecule has 0 aliphatic carbocycles. The van der Waals surface area contributed by atoms with Crippen molar-refractivity contribution in [1.82, 2.24) is 4.90 Å². The van der Waals surface area contributed by atoms with E-state index in [0.29, 0.717) is 12.3 Å². The third-order valence-electron chi connectivity index (χ3n) is 3.41. The molecule has 122 valence electrons. The number of carbonyl (C=O) groups is 1. The van der Waals surface area contributed by atoms with E-state index in [9.17, 15) is 9.90 Å². The van der Waals surface area contributed by atoms with E-state index in [0.717, 1.165) is 25.0 Å². The van der Waals surface area contributed by atoms with E-state index >= 15 is 0 Å². The van der Waals surface area contributed by atoms with Crippen molar-refractivity contribution in [2.24, 2.45) is 5.92 Å². The van der Waals surface area contributed by atoms with Crippen molar-refractivity contribution in [3.8, 4) is 0 Å². The Hall–Kier alpha value is -1.03. The van der Waals surface area contributed by atoms with E-state index in [1.54, 1.807) is 4.90 Å². The van der Waals surface area contributed by atoms with Crippen LogP contribution in [0.5, 0.6) is 0 Å². The summed E-state index contributed by atoms with van der Waals surface area (Å²) in [6, 6.07) is 0.0152. The molecule has 0 bridgehead atoms. The van der Waals surface area contributed by atoms with E-state index in [1.807, 2.05) is 26.8 Å². The molecule has 4 nitrogen and oxygen atoms in total. The van der Waals surface area contributed by atoms with Crippen LogP contribution in [-0.2, 0) is 4.74 Å². The number of ether oxygens (including phenoxy) is 1. The van der Waals surface area contributed by atoms with Crippen LogP contribution in [-0.4, -0.2) is 33.8 Å². The lowest BCUT2D eigenvalue weighted by Gasteiger charge is -2.39. The van der Waals surface area contributed by atoms with Crippen LogP contribution in [0.3, 0.4) is 0 Å². The number of aliphatic hydroxyl groups is 1. The number of hydrogen-bond acceptors (Lipinski definition) is 3. The van der Waals surface area contributed by atoms with Crippen molar-refractivity contribution in [2.45, 2.75) is 85.0 Å². The molecule has 0 aromatic heterocycles. The second-order valence-electron chi connectivity index (χ2n) is 7.34. The Kier molecular flexibility index (Phi) is 6.26. The highest BCUT2D eigenvalue weighted by Crippen LogP contribution is 2.30. The summed E-state index contributed by atoms with van der Waals surface area (Å²) in [6.45, 7) is 12.0. The third kappa shape index (κ3) is 5.70. The summed E-state index contributed by atoms with van der Waals surface area (Å²) < 4.78 is 5.57. The van der Waals surface area contributed by atoms with Gasteiger partial charge in [-0.2, -0.15) is 0 Å². The minimum Gasteiger partial charge on any atom is -0.443 e. The zero-order chi connectivity index (χ0) is 16.2. The number of carbonyl (C=O) groups excluding carboxylic acids is 1. The van der Waals surface area contributed by atoms with Gasteiger partial charge in [0.25, 0.3) is 0 Å². The van der Waals surface area contributed by atoms with Gasteiger partial charge in [0.15, 0.2) is 0 Å². The molecule has 1 N–H and O–H groups in total. The molecule has 0 saturated carbocycles. The zero-order valence-electron chi connectivity index (χ0n) is 14.3. The van der Waals surface area contributed by atoms with Crippen LogP contribution in [0.25, 0.3) is 0 Å². The molecule has 1 heterocycles. The van der Waals surface area contributed by atoms with E-state index in [1.165, 1.54) is 0 Å². The molecular formula is C17H31NO3. The van der Waals surface area contributed by atoms with Crippen molar-refractivity contribution in [2.75, 3.05) is 0 Å². The van der Waals surface area contributed by atoms with Gasteiger partial charge in [0.1, 0.15) is 5.60 Å². The van der Waals surface area contributed by atoms with Crippen LogP contribution < -0.4 is 0 Å². The molecule has 4 heteroatoms. The smallest absolute Gasteiger partial charge is 0.414 e. The van der Waals surface area contributed by atoms with Crippen LogP contribution in [0, 0.1) is 5.92 Å². The van der Waals surface area contributed by atoms with Gasteiger partial charge in [0.2, 0.25) is 0 Å². The fourth-order valence-electron chi connectivity index (χ4n) is 2.77. The number of allylic oxidation sites excluding steroid dienone is 1. The third-order valence-corrected chi connectivity index (χ3v) is 3.41. The van der Waals surface area contributed by atoms with Gasteiger partial charge in [-0.3, -0.25) is 4.90 Å². The highest BCUT2D eigenvalue weighted by molar-refractivity contribution is 5.71. The predicted molar refractivity (Wildman–Crippen MR) is 84.9 cm³/mol. The van der Waals surface area contributed by atoms with Crippen molar-refractivity contribution >= 4 is 6.09 Å². The van der Waals surface area contributed by atoms with Crippen molar-refractivity contribution < 1.29 is 14.6 Å². The number of nitrogens with zero attached hydrogens (tertiary/aromatic N) is 1. The summed E-state index contributed by atoms with van der Waals surface area (Å²) >= 11 is 0. The monoisotopic (exact) mass is 297 g/mol. The van der Waals surface area contributed by atoms with Gasteiger partial charge in [-0.1, -0.05) is 27.2 Å². The van der Waals surface area contributed by atoms with E-state index in [4.69, 9.17) is 4.74 Å². The average molecular weight is 297 g/mol. The average Bonchev–Trinajstić information content (AvgIpc) is 2.24. The Bertz CT molecular complexity index is 382. The Morgan fingerprint density at radius 2 is 2.10 bits per heavy atom. The largest absolute Gasteiger partial charge is 0.443 e. The lowest BCUT2D eigenvalue weighted by Crippen LogP contribution is -2.47. The SMILES string of the molecule is CCCC1=C[C@@H](O)C[C@H](CC(C)C)N1C(=O)OC(C)(C)C. The molecule has 1 aliphatic rings. The summed E-state index contributed by atoms with van der Waals surface area (Å²) in [6.07, 6.45) is 4.23. The highest BCUT2D eigenvalue weighted by atomic mass is 16.6. The molecule has 0 spiro atoms. The first-order valence-corrected chi connectivity index (χ1v) is 8.05. The molecule has 1 aliphatic heterocycles. The standard InChI is InChI=1S/C17H31NO3/c1-7-8-13-10-15(19)11-14(9-12(2)3)18(13)16(20)21-17(4,5)6/h10,12,14-15,19H,7-9,11H2,1-6H3/t14-,15+/m0/s1. The number of rotatable bonds is 4.